The number of rotatable bonds is 7. The lowest BCUT2D eigenvalue weighted by Crippen LogP contribution is -2.42. The molecule has 0 aliphatic carbocycles. The average molecular weight is 358 g/mol. The van der Waals surface area contributed by atoms with Crippen LogP contribution in [0.25, 0.3) is 6.08 Å². The van der Waals surface area contributed by atoms with Crippen LogP contribution in [-0.2, 0) is 20.7 Å². The van der Waals surface area contributed by atoms with Gasteiger partial charge in [-0.25, -0.2) is 4.79 Å². The van der Waals surface area contributed by atoms with Crippen LogP contribution in [0, 0.1) is 0 Å². The van der Waals surface area contributed by atoms with Crippen LogP contribution in [0.1, 0.15) is 18.1 Å². The van der Waals surface area contributed by atoms with Crippen molar-refractivity contribution in [1.29, 1.82) is 0 Å². The molecule has 2 aromatic carbocycles. The van der Waals surface area contributed by atoms with Crippen LogP contribution >= 0.6 is 11.6 Å². The van der Waals surface area contributed by atoms with Crippen molar-refractivity contribution in [2.45, 2.75) is 19.4 Å². The van der Waals surface area contributed by atoms with Gasteiger partial charge in [0.05, 0.1) is 6.61 Å². The van der Waals surface area contributed by atoms with Gasteiger partial charge < -0.3 is 10.1 Å². The zero-order valence-electron chi connectivity index (χ0n) is 13.9. The third kappa shape index (κ3) is 6.43. The first-order valence-electron chi connectivity index (χ1n) is 8.03. The van der Waals surface area contributed by atoms with E-state index in [4.69, 9.17) is 16.3 Å². The molecule has 0 saturated carbocycles. The maximum atomic E-state index is 12.2. The number of carbonyl (C=O) groups is 2. The first-order valence-corrected chi connectivity index (χ1v) is 8.41. The van der Waals surface area contributed by atoms with Crippen molar-refractivity contribution >= 4 is 29.6 Å². The summed E-state index contributed by atoms with van der Waals surface area (Å²) in [6, 6.07) is 15.9. The summed E-state index contributed by atoms with van der Waals surface area (Å²) in [5.74, 6) is -0.802. The second kappa shape index (κ2) is 9.64. The first kappa shape index (κ1) is 18.7. The van der Waals surface area contributed by atoms with E-state index in [9.17, 15) is 9.59 Å². The second-order valence-corrected chi connectivity index (χ2v) is 5.82. The highest BCUT2D eigenvalue weighted by molar-refractivity contribution is 6.30. The molecule has 0 bridgehead atoms. The molecule has 1 N–H and O–H groups in total. The molecule has 2 rings (SSSR count). The van der Waals surface area contributed by atoms with Gasteiger partial charge in [0, 0.05) is 17.5 Å². The molecule has 0 aliphatic rings. The quantitative estimate of drug-likeness (QED) is 0.608. The Morgan fingerprint density at radius 1 is 1.12 bits per heavy atom. The number of esters is 1. The zero-order valence-corrected chi connectivity index (χ0v) is 14.7. The minimum absolute atomic E-state index is 0.264. The lowest BCUT2D eigenvalue weighted by molar-refractivity contribution is -0.146. The van der Waals surface area contributed by atoms with Gasteiger partial charge in [-0.15, -0.1) is 0 Å². The molecule has 1 unspecified atom stereocenters. The molecular weight excluding hydrogens is 338 g/mol. The second-order valence-electron chi connectivity index (χ2n) is 5.39. The summed E-state index contributed by atoms with van der Waals surface area (Å²) in [4.78, 5) is 24.3. The van der Waals surface area contributed by atoms with Gasteiger partial charge in [-0.1, -0.05) is 54.1 Å². The van der Waals surface area contributed by atoms with Gasteiger partial charge in [0.1, 0.15) is 6.04 Å². The predicted molar refractivity (Wildman–Crippen MR) is 99.2 cm³/mol. The molecule has 0 heterocycles. The Labute approximate surface area is 152 Å². The van der Waals surface area contributed by atoms with Crippen molar-refractivity contribution in [2.75, 3.05) is 6.61 Å². The SMILES string of the molecule is CCOC(=O)C(Cc1ccccc1)NC(=O)C=Cc1ccc(Cl)cc1. The lowest BCUT2D eigenvalue weighted by Gasteiger charge is -2.16. The number of hydrogen-bond donors (Lipinski definition) is 1. The van der Waals surface area contributed by atoms with Gasteiger partial charge >= 0.3 is 5.97 Å². The number of nitrogens with one attached hydrogen (secondary N) is 1. The van der Waals surface area contributed by atoms with E-state index in [-0.39, 0.29) is 12.5 Å². The number of ether oxygens (including phenoxy) is 1. The molecule has 0 spiro atoms. The monoisotopic (exact) mass is 357 g/mol. The van der Waals surface area contributed by atoms with E-state index in [1.165, 1.54) is 6.08 Å². The highest BCUT2D eigenvalue weighted by Crippen LogP contribution is 2.10. The Balaban J connectivity index is 2.03. The number of hydrogen-bond acceptors (Lipinski definition) is 3. The Morgan fingerprint density at radius 3 is 2.44 bits per heavy atom. The summed E-state index contributed by atoms with van der Waals surface area (Å²) < 4.78 is 5.06. The molecule has 0 saturated heterocycles. The van der Waals surface area contributed by atoms with Crippen LogP contribution in [0.5, 0.6) is 0 Å². The van der Waals surface area contributed by atoms with Crippen molar-refractivity contribution in [2.24, 2.45) is 0 Å². The van der Waals surface area contributed by atoms with Crippen LogP contribution in [0.15, 0.2) is 60.7 Å². The highest BCUT2D eigenvalue weighted by Gasteiger charge is 2.21. The van der Waals surface area contributed by atoms with Crippen LogP contribution in [0.3, 0.4) is 0 Å². The Bertz CT molecular complexity index is 726. The first-order chi connectivity index (χ1) is 12.1. The van der Waals surface area contributed by atoms with Crippen LogP contribution in [-0.4, -0.2) is 24.5 Å². The van der Waals surface area contributed by atoms with E-state index in [0.717, 1.165) is 11.1 Å². The maximum absolute atomic E-state index is 12.2. The van der Waals surface area contributed by atoms with Crippen molar-refractivity contribution < 1.29 is 14.3 Å². The number of carbonyl (C=O) groups excluding carboxylic acids is 2. The van der Waals surface area contributed by atoms with Gasteiger partial charge in [-0.2, -0.15) is 0 Å². The lowest BCUT2D eigenvalue weighted by atomic mass is 10.1. The Morgan fingerprint density at radius 2 is 1.80 bits per heavy atom. The normalized spacial score (nSPS) is 11.9. The molecule has 2 aromatic rings. The third-order valence-corrected chi connectivity index (χ3v) is 3.72. The van der Waals surface area contributed by atoms with Gasteiger partial charge in [0.2, 0.25) is 5.91 Å². The molecule has 130 valence electrons. The van der Waals surface area contributed by atoms with Gasteiger partial charge in [-0.3, -0.25) is 4.79 Å². The molecule has 5 heteroatoms. The fourth-order valence-corrected chi connectivity index (χ4v) is 2.38. The topological polar surface area (TPSA) is 55.4 Å². The minimum Gasteiger partial charge on any atom is -0.464 e. The molecule has 1 amide bonds. The van der Waals surface area contributed by atoms with Gasteiger partial charge in [0.15, 0.2) is 0 Å². The fraction of sp³-hybridized carbons (Fsp3) is 0.200. The van der Waals surface area contributed by atoms with E-state index < -0.39 is 12.0 Å². The summed E-state index contributed by atoms with van der Waals surface area (Å²) >= 11 is 5.83. The standard InChI is InChI=1S/C20H20ClNO3/c1-2-25-20(24)18(14-16-6-4-3-5-7-16)22-19(23)13-10-15-8-11-17(21)12-9-15/h3-13,18H,2,14H2,1H3,(H,22,23). The number of halogens is 1. The van der Waals surface area contributed by atoms with E-state index in [2.05, 4.69) is 5.32 Å². The molecule has 4 nitrogen and oxygen atoms in total. The van der Waals surface area contributed by atoms with E-state index in [1.54, 1.807) is 37.3 Å². The summed E-state index contributed by atoms with van der Waals surface area (Å²) in [7, 11) is 0. The number of amides is 1. The molecule has 25 heavy (non-hydrogen) atoms. The largest absolute Gasteiger partial charge is 0.464 e. The molecule has 0 fully saturated rings. The summed E-state index contributed by atoms with van der Waals surface area (Å²) in [6.07, 6.45) is 3.43. The van der Waals surface area contributed by atoms with Gasteiger partial charge in [-0.05, 0) is 36.3 Å². The Hall–Kier alpha value is -2.59. The molecule has 0 radical (unpaired) electrons. The highest BCUT2D eigenvalue weighted by atomic mass is 35.5. The minimum atomic E-state index is -0.732. The number of benzene rings is 2. The van der Waals surface area contributed by atoms with Crippen molar-refractivity contribution in [3.8, 4) is 0 Å². The van der Waals surface area contributed by atoms with Crippen molar-refractivity contribution in [3.05, 3.63) is 76.8 Å². The average Bonchev–Trinajstić information content (AvgIpc) is 2.62. The maximum Gasteiger partial charge on any atom is 0.328 e. The van der Waals surface area contributed by atoms with Crippen molar-refractivity contribution in [3.63, 3.8) is 0 Å². The smallest absolute Gasteiger partial charge is 0.328 e. The molecule has 1 atom stereocenters. The summed E-state index contributed by atoms with van der Waals surface area (Å²) in [5.41, 5.74) is 1.79. The van der Waals surface area contributed by atoms with Crippen molar-refractivity contribution in [1.82, 2.24) is 5.32 Å². The molecular formula is C20H20ClNO3. The zero-order chi connectivity index (χ0) is 18.1. The van der Waals surface area contributed by atoms with E-state index in [0.29, 0.717) is 11.4 Å². The van der Waals surface area contributed by atoms with Crippen LogP contribution < -0.4 is 5.32 Å². The summed E-state index contributed by atoms with van der Waals surface area (Å²) in [6.45, 7) is 2.00. The molecule has 0 aliphatic heterocycles. The fourth-order valence-electron chi connectivity index (χ4n) is 2.25. The third-order valence-electron chi connectivity index (χ3n) is 3.47. The van der Waals surface area contributed by atoms with Gasteiger partial charge in [0.25, 0.3) is 0 Å². The Kier molecular flexibility index (Phi) is 7.23. The van der Waals surface area contributed by atoms with Crippen LogP contribution in [0.4, 0.5) is 0 Å². The molecule has 0 aromatic heterocycles. The van der Waals surface area contributed by atoms with Crippen LogP contribution in [0.2, 0.25) is 5.02 Å². The predicted octanol–water partition coefficient (Wildman–Crippen LogP) is 3.64. The van der Waals surface area contributed by atoms with E-state index in [1.807, 2.05) is 30.3 Å². The van der Waals surface area contributed by atoms with E-state index >= 15 is 0 Å². The summed E-state index contributed by atoms with van der Waals surface area (Å²) in [5, 5.41) is 3.34.